The molecule has 2 aromatic rings. The van der Waals surface area contributed by atoms with Crippen LogP contribution in [0.25, 0.3) is 0 Å². The SMILES string of the molecule is COc1ccc(C)cc1[C@@H](C)NC(=O)CSc1ccc(C)cc1C. The second kappa shape index (κ2) is 8.25. The van der Waals surface area contributed by atoms with Gasteiger partial charge in [0.25, 0.3) is 0 Å². The van der Waals surface area contributed by atoms with E-state index in [0.717, 1.165) is 21.8 Å². The van der Waals surface area contributed by atoms with Crippen LogP contribution in [0.5, 0.6) is 5.75 Å². The first-order chi connectivity index (χ1) is 11.4. The summed E-state index contributed by atoms with van der Waals surface area (Å²) in [5.41, 5.74) is 4.60. The van der Waals surface area contributed by atoms with E-state index in [-0.39, 0.29) is 11.9 Å². The van der Waals surface area contributed by atoms with Gasteiger partial charge in [-0.25, -0.2) is 0 Å². The van der Waals surface area contributed by atoms with Crippen molar-refractivity contribution in [3.05, 3.63) is 58.7 Å². The molecule has 128 valence electrons. The summed E-state index contributed by atoms with van der Waals surface area (Å²) in [5, 5.41) is 3.06. The molecule has 0 aliphatic rings. The lowest BCUT2D eigenvalue weighted by Crippen LogP contribution is -2.28. The molecule has 0 aliphatic carbocycles. The molecule has 0 saturated carbocycles. The van der Waals surface area contributed by atoms with Crippen molar-refractivity contribution in [2.75, 3.05) is 12.9 Å². The van der Waals surface area contributed by atoms with Crippen LogP contribution in [0.1, 0.15) is 35.2 Å². The standard InChI is InChI=1S/C20H25NO2S/c1-13-7-9-19(15(3)10-13)24-12-20(22)21-16(4)17-11-14(2)6-8-18(17)23-5/h6-11,16H,12H2,1-5H3,(H,21,22)/t16-/m1/s1. The van der Waals surface area contributed by atoms with E-state index in [2.05, 4.69) is 43.4 Å². The quantitative estimate of drug-likeness (QED) is 0.780. The number of aryl methyl sites for hydroxylation is 3. The van der Waals surface area contributed by atoms with E-state index in [1.165, 1.54) is 11.1 Å². The molecule has 1 atom stereocenters. The first-order valence-electron chi connectivity index (χ1n) is 8.04. The first-order valence-corrected chi connectivity index (χ1v) is 9.03. The predicted octanol–water partition coefficient (Wildman–Crippen LogP) is 4.59. The van der Waals surface area contributed by atoms with E-state index >= 15 is 0 Å². The van der Waals surface area contributed by atoms with Gasteiger partial charge in [-0.1, -0.05) is 35.4 Å². The van der Waals surface area contributed by atoms with Gasteiger partial charge in [0, 0.05) is 10.5 Å². The van der Waals surface area contributed by atoms with Gasteiger partial charge in [0.2, 0.25) is 5.91 Å². The molecule has 1 N–H and O–H groups in total. The number of hydrogen-bond acceptors (Lipinski definition) is 3. The molecule has 1 amide bonds. The van der Waals surface area contributed by atoms with E-state index in [1.54, 1.807) is 18.9 Å². The number of hydrogen-bond donors (Lipinski definition) is 1. The Morgan fingerprint density at radius 3 is 2.46 bits per heavy atom. The minimum Gasteiger partial charge on any atom is -0.496 e. The molecule has 4 heteroatoms. The molecule has 2 aromatic carbocycles. The molecular formula is C20H25NO2S. The van der Waals surface area contributed by atoms with Crippen LogP contribution in [-0.2, 0) is 4.79 Å². The highest BCUT2D eigenvalue weighted by Gasteiger charge is 2.14. The maximum absolute atomic E-state index is 12.3. The summed E-state index contributed by atoms with van der Waals surface area (Å²) in [4.78, 5) is 13.4. The van der Waals surface area contributed by atoms with Crippen LogP contribution in [0.3, 0.4) is 0 Å². The lowest BCUT2D eigenvalue weighted by Gasteiger charge is -2.18. The molecular weight excluding hydrogens is 318 g/mol. The van der Waals surface area contributed by atoms with Gasteiger partial charge < -0.3 is 10.1 Å². The zero-order valence-corrected chi connectivity index (χ0v) is 15.8. The summed E-state index contributed by atoms with van der Waals surface area (Å²) in [5.74, 6) is 1.23. The Morgan fingerprint density at radius 2 is 1.79 bits per heavy atom. The van der Waals surface area contributed by atoms with Crippen molar-refractivity contribution < 1.29 is 9.53 Å². The largest absolute Gasteiger partial charge is 0.496 e. The first kappa shape index (κ1) is 18.4. The molecule has 0 aliphatic heterocycles. The Morgan fingerprint density at radius 1 is 1.12 bits per heavy atom. The van der Waals surface area contributed by atoms with Gasteiger partial charge in [-0.15, -0.1) is 11.8 Å². The van der Waals surface area contributed by atoms with Crippen LogP contribution in [0, 0.1) is 20.8 Å². The van der Waals surface area contributed by atoms with Crippen LogP contribution in [0.4, 0.5) is 0 Å². The summed E-state index contributed by atoms with van der Waals surface area (Å²) in [7, 11) is 1.65. The number of carbonyl (C=O) groups excluding carboxylic acids is 1. The van der Waals surface area contributed by atoms with E-state index in [0.29, 0.717) is 5.75 Å². The molecule has 0 unspecified atom stereocenters. The number of carbonyl (C=O) groups is 1. The normalized spacial score (nSPS) is 11.9. The lowest BCUT2D eigenvalue weighted by atomic mass is 10.0. The third kappa shape index (κ3) is 4.78. The van der Waals surface area contributed by atoms with Gasteiger partial charge in [-0.3, -0.25) is 4.79 Å². The number of nitrogens with one attached hydrogen (secondary N) is 1. The Labute approximate surface area is 148 Å². The smallest absolute Gasteiger partial charge is 0.230 e. The fourth-order valence-electron chi connectivity index (χ4n) is 2.66. The number of rotatable bonds is 6. The minimum atomic E-state index is -0.0907. The van der Waals surface area contributed by atoms with Gasteiger partial charge in [-0.05, 0) is 45.4 Å². The van der Waals surface area contributed by atoms with Crippen molar-refractivity contribution in [1.29, 1.82) is 0 Å². The van der Waals surface area contributed by atoms with Gasteiger partial charge in [-0.2, -0.15) is 0 Å². The van der Waals surface area contributed by atoms with Crippen LogP contribution >= 0.6 is 11.8 Å². The number of methoxy groups -OCH3 is 1. The third-order valence-electron chi connectivity index (χ3n) is 3.92. The molecule has 0 spiro atoms. The topological polar surface area (TPSA) is 38.3 Å². The van der Waals surface area contributed by atoms with Gasteiger partial charge in [0.05, 0.1) is 18.9 Å². The van der Waals surface area contributed by atoms with Crippen LogP contribution < -0.4 is 10.1 Å². The van der Waals surface area contributed by atoms with E-state index < -0.39 is 0 Å². The van der Waals surface area contributed by atoms with Crippen LogP contribution in [0.2, 0.25) is 0 Å². The van der Waals surface area contributed by atoms with E-state index in [4.69, 9.17) is 4.74 Å². The van der Waals surface area contributed by atoms with Crippen LogP contribution in [0.15, 0.2) is 41.3 Å². The summed E-state index contributed by atoms with van der Waals surface area (Å²) >= 11 is 1.57. The van der Waals surface area contributed by atoms with Crippen molar-refractivity contribution in [3.63, 3.8) is 0 Å². The third-order valence-corrected chi connectivity index (χ3v) is 5.09. The average Bonchev–Trinajstić information content (AvgIpc) is 2.54. The minimum absolute atomic E-state index is 0.0241. The maximum atomic E-state index is 12.3. The maximum Gasteiger partial charge on any atom is 0.230 e. The zero-order chi connectivity index (χ0) is 17.7. The van der Waals surface area contributed by atoms with Gasteiger partial charge in [0.15, 0.2) is 0 Å². The second-order valence-corrected chi connectivity index (χ2v) is 7.11. The van der Waals surface area contributed by atoms with E-state index in [9.17, 15) is 4.79 Å². The lowest BCUT2D eigenvalue weighted by molar-refractivity contribution is -0.119. The molecule has 0 saturated heterocycles. The summed E-state index contributed by atoms with van der Waals surface area (Å²) in [6, 6.07) is 12.2. The van der Waals surface area contributed by atoms with Crippen molar-refractivity contribution in [1.82, 2.24) is 5.32 Å². The molecule has 24 heavy (non-hydrogen) atoms. The highest BCUT2D eigenvalue weighted by Crippen LogP contribution is 2.27. The Hall–Kier alpha value is -1.94. The highest BCUT2D eigenvalue weighted by molar-refractivity contribution is 8.00. The van der Waals surface area contributed by atoms with Crippen molar-refractivity contribution >= 4 is 17.7 Å². The summed E-state index contributed by atoms with van der Waals surface area (Å²) in [6.07, 6.45) is 0. The van der Waals surface area contributed by atoms with Gasteiger partial charge in [0.1, 0.15) is 5.75 Å². The Balaban J connectivity index is 1.98. The molecule has 2 rings (SSSR count). The summed E-state index contributed by atoms with van der Waals surface area (Å²) < 4.78 is 5.40. The van der Waals surface area contributed by atoms with Gasteiger partial charge >= 0.3 is 0 Å². The monoisotopic (exact) mass is 343 g/mol. The van der Waals surface area contributed by atoms with E-state index in [1.807, 2.05) is 26.0 Å². The second-order valence-electron chi connectivity index (χ2n) is 6.09. The molecule has 0 aromatic heterocycles. The molecule has 0 heterocycles. The Kier molecular flexibility index (Phi) is 6.32. The average molecular weight is 343 g/mol. The molecule has 0 fully saturated rings. The van der Waals surface area contributed by atoms with Crippen LogP contribution in [-0.4, -0.2) is 18.8 Å². The fraction of sp³-hybridized carbons (Fsp3) is 0.350. The van der Waals surface area contributed by atoms with Crippen molar-refractivity contribution in [2.45, 2.75) is 38.6 Å². The molecule has 3 nitrogen and oxygen atoms in total. The number of benzene rings is 2. The molecule has 0 bridgehead atoms. The zero-order valence-electron chi connectivity index (χ0n) is 15.0. The fourth-order valence-corrected chi connectivity index (χ4v) is 3.48. The molecule has 0 radical (unpaired) electrons. The number of ether oxygens (including phenoxy) is 1. The highest BCUT2D eigenvalue weighted by atomic mass is 32.2. The number of amides is 1. The summed E-state index contributed by atoms with van der Waals surface area (Å²) in [6.45, 7) is 8.17. The predicted molar refractivity (Wildman–Crippen MR) is 101 cm³/mol. The van der Waals surface area contributed by atoms with Crippen molar-refractivity contribution in [2.24, 2.45) is 0 Å². The van der Waals surface area contributed by atoms with Crippen molar-refractivity contribution in [3.8, 4) is 5.75 Å². The number of thioether (sulfide) groups is 1. The Bertz CT molecular complexity index is 728.